The molecule has 2 amide bonds. The fraction of sp³-hybridized carbons (Fsp3) is 0.300. The van der Waals surface area contributed by atoms with Gasteiger partial charge in [0.1, 0.15) is 12.4 Å². The molecule has 0 spiro atoms. The van der Waals surface area contributed by atoms with E-state index in [0.717, 1.165) is 11.3 Å². The SMILES string of the molecule is CC(=O)NCc1ccc(C(=O)N(C)CCOc2ccc(C)cc2)cc1. The Balaban J connectivity index is 1.82. The van der Waals surface area contributed by atoms with Crippen LogP contribution in [0, 0.1) is 6.92 Å². The molecule has 1 N–H and O–H groups in total. The lowest BCUT2D eigenvalue weighted by Gasteiger charge is -2.18. The van der Waals surface area contributed by atoms with Crippen LogP contribution in [-0.4, -0.2) is 36.9 Å². The molecule has 0 fully saturated rings. The predicted molar refractivity (Wildman–Crippen MR) is 97.6 cm³/mol. The molecule has 0 atom stereocenters. The zero-order valence-electron chi connectivity index (χ0n) is 14.9. The third kappa shape index (κ3) is 5.95. The van der Waals surface area contributed by atoms with Crippen molar-refractivity contribution in [3.8, 4) is 5.75 Å². The van der Waals surface area contributed by atoms with Crippen LogP contribution in [-0.2, 0) is 11.3 Å². The van der Waals surface area contributed by atoms with E-state index >= 15 is 0 Å². The van der Waals surface area contributed by atoms with Crippen LogP contribution < -0.4 is 10.1 Å². The van der Waals surface area contributed by atoms with Gasteiger partial charge in [-0.25, -0.2) is 0 Å². The number of rotatable bonds is 7. The molecule has 2 aromatic carbocycles. The number of hydrogen-bond acceptors (Lipinski definition) is 3. The van der Waals surface area contributed by atoms with Crippen molar-refractivity contribution in [2.45, 2.75) is 20.4 Å². The van der Waals surface area contributed by atoms with Crippen molar-refractivity contribution < 1.29 is 14.3 Å². The number of benzene rings is 2. The molecule has 0 bridgehead atoms. The Morgan fingerprint density at radius 3 is 2.28 bits per heavy atom. The molecule has 0 heterocycles. The molecule has 0 aliphatic heterocycles. The number of ether oxygens (including phenoxy) is 1. The average Bonchev–Trinajstić information content (AvgIpc) is 2.61. The van der Waals surface area contributed by atoms with Crippen molar-refractivity contribution in [3.05, 3.63) is 65.2 Å². The molecule has 0 aliphatic carbocycles. The summed E-state index contributed by atoms with van der Waals surface area (Å²) in [6, 6.07) is 15.1. The number of hydrogen-bond donors (Lipinski definition) is 1. The van der Waals surface area contributed by atoms with Crippen molar-refractivity contribution in [3.63, 3.8) is 0 Å². The van der Waals surface area contributed by atoms with E-state index in [1.54, 1.807) is 24.1 Å². The fourth-order valence-electron chi connectivity index (χ4n) is 2.25. The summed E-state index contributed by atoms with van der Waals surface area (Å²) in [6.45, 7) is 4.90. The Hall–Kier alpha value is -2.82. The number of nitrogens with zero attached hydrogens (tertiary/aromatic N) is 1. The smallest absolute Gasteiger partial charge is 0.253 e. The van der Waals surface area contributed by atoms with Gasteiger partial charge in [-0.05, 0) is 36.8 Å². The summed E-state index contributed by atoms with van der Waals surface area (Å²) in [4.78, 5) is 25.0. The summed E-state index contributed by atoms with van der Waals surface area (Å²) in [7, 11) is 1.76. The first-order valence-corrected chi connectivity index (χ1v) is 8.24. The van der Waals surface area contributed by atoms with Crippen LogP contribution in [0.4, 0.5) is 0 Å². The summed E-state index contributed by atoms with van der Waals surface area (Å²) in [5.41, 5.74) is 2.75. The van der Waals surface area contributed by atoms with Gasteiger partial charge in [0, 0.05) is 26.1 Å². The monoisotopic (exact) mass is 340 g/mol. The topological polar surface area (TPSA) is 58.6 Å². The molecule has 2 aromatic rings. The van der Waals surface area contributed by atoms with E-state index in [9.17, 15) is 9.59 Å². The molecule has 0 aliphatic rings. The van der Waals surface area contributed by atoms with Crippen molar-refractivity contribution in [2.75, 3.05) is 20.2 Å². The Morgan fingerprint density at radius 2 is 1.68 bits per heavy atom. The van der Waals surface area contributed by atoms with Crippen molar-refractivity contribution in [1.29, 1.82) is 0 Å². The maximum atomic E-state index is 12.4. The standard InChI is InChI=1S/C20H24N2O3/c1-15-4-10-19(11-5-15)25-13-12-22(3)20(24)18-8-6-17(7-9-18)14-21-16(2)23/h4-11H,12-14H2,1-3H3,(H,21,23). The Bertz CT molecular complexity index is 709. The molecular formula is C20H24N2O3. The van der Waals surface area contributed by atoms with Crippen LogP contribution in [0.25, 0.3) is 0 Å². The van der Waals surface area contributed by atoms with Crippen molar-refractivity contribution >= 4 is 11.8 Å². The summed E-state index contributed by atoms with van der Waals surface area (Å²) < 4.78 is 5.66. The second-order valence-electron chi connectivity index (χ2n) is 5.99. The number of carbonyl (C=O) groups excluding carboxylic acids is 2. The molecule has 132 valence electrons. The molecule has 0 saturated heterocycles. The first-order valence-electron chi connectivity index (χ1n) is 8.24. The highest BCUT2D eigenvalue weighted by Gasteiger charge is 2.11. The van der Waals surface area contributed by atoms with Gasteiger partial charge in [0.2, 0.25) is 5.91 Å². The molecule has 0 saturated carbocycles. The highest BCUT2D eigenvalue weighted by molar-refractivity contribution is 5.94. The number of nitrogens with one attached hydrogen (secondary N) is 1. The minimum absolute atomic E-state index is 0.0569. The van der Waals surface area contributed by atoms with Gasteiger partial charge in [-0.2, -0.15) is 0 Å². The van der Waals surface area contributed by atoms with Crippen LogP contribution in [0.5, 0.6) is 5.75 Å². The van der Waals surface area contributed by atoms with Crippen LogP contribution in [0.3, 0.4) is 0 Å². The Labute approximate surface area is 148 Å². The summed E-state index contributed by atoms with van der Waals surface area (Å²) in [5.74, 6) is 0.667. The summed E-state index contributed by atoms with van der Waals surface area (Å²) in [5, 5.41) is 2.73. The van der Waals surface area contributed by atoms with Gasteiger partial charge in [-0.15, -0.1) is 0 Å². The first kappa shape index (κ1) is 18.5. The van der Waals surface area contributed by atoms with Crippen LogP contribution in [0.2, 0.25) is 0 Å². The number of amides is 2. The maximum Gasteiger partial charge on any atom is 0.253 e. The lowest BCUT2D eigenvalue weighted by Crippen LogP contribution is -2.30. The molecule has 25 heavy (non-hydrogen) atoms. The first-order chi connectivity index (χ1) is 12.0. The van der Waals surface area contributed by atoms with Gasteiger partial charge >= 0.3 is 0 Å². The predicted octanol–water partition coefficient (Wildman–Crippen LogP) is 2.78. The quantitative estimate of drug-likeness (QED) is 0.843. The van der Waals surface area contributed by atoms with Gasteiger partial charge in [-0.1, -0.05) is 29.8 Å². The molecule has 2 rings (SSSR count). The second-order valence-corrected chi connectivity index (χ2v) is 5.99. The third-order valence-electron chi connectivity index (χ3n) is 3.81. The van der Waals surface area contributed by atoms with Crippen LogP contribution in [0.15, 0.2) is 48.5 Å². The zero-order valence-corrected chi connectivity index (χ0v) is 14.9. The largest absolute Gasteiger partial charge is 0.492 e. The van der Waals surface area contributed by atoms with E-state index < -0.39 is 0 Å². The minimum Gasteiger partial charge on any atom is -0.492 e. The molecule has 5 heteroatoms. The van der Waals surface area contributed by atoms with E-state index in [0.29, 0.717) is 25.3 Å². The zero-order chi connectivity index (χ0) is 18.2. The van der Waals surface area contributed by atoms with Gasteiger partial charge in [0.05, 0.1) is 6.54 Å². The van der Waals surface area contributed by atoms with E-state index in [1.165, 1.54) is 12.5 Å². The van der Waals surface area contributed by atoms with Crippen molar-refractivity contribution in [1.82, 2.24) is 10.2 Å². The number of likely N-dealkylation sites (N-methyl/N-ethyl adjacent to an activating group) is 1. The van der Waals surface area contributed by atoms with Gasteiger partial charge in [-0.3, -0.25) is 9.59 Å². The number of carbonyl (C=O) groups is 2. The lowest BCUT2D eigenvalue weighted by atomic mass is 10.1. The van der Waals surface area contributed by atoms with Gasteiger partial charge in [0.15, 0.2) is 0 Å². The van der Waals surface area contributed by atoms with Crippen LogP contribution >= 0.6 is 0 Å². The third-order valence-corrected chi connectivity index (χ3v) is 3.81. The van der Waals surface area contributed by atoms with E-state index in [-0.39, 0.29) is 11.8 Å². The van der Waals surface area contributed by atoms with Gasteiger partial charge in [0.25, 0.3) is 5.91 Å². The number of aryl methyl sites for hydroxylation is 1. The van der Waals surface area contributed by atoms with Crippen LogP contribution in [0.1, 0.15) is 28.4 Å². The highest BCUT2D eigenvalue weighted by atomic mass is 16.5. The van der Waals surface area contributed by atoms with E-state index in [1.807, 2.05) is 43.3 Å². The highest BCUT2D eigenvalue weighted by Crippen LogP contribution is 2.11. The fourth-order valence-corrected chi connectivity index (χ4v) is 2.25. The average molecular weight is 340 g/mol. The maximum absolute atomic E-state index is 12.4. The second kappa shape index (κ2) is 8.87. The van der Waals surface area contributed by atoms with Gasteiger partial charge < -0.3 is 15.0 Å². The molecule has 0 radical (unpaired) electrons. The molecule has 0 unspecified atom stereocenters. The molecular weight excluding hydrogens is 316 g/mol. The molecule has 0 aromatic heterocycles. The summed E-state index contributed by atoms with van der Waals surface area (Å²) >= 11 is 0. The molecule has 5 nitrogen and oxygen atoms in total. The Kier molecular flexibility index (Phi) is 6.57. The normalized spacial score (nSPS) is 10.2. The lowest BCUT2D eigenvalue weighted by molar-refractivity contribution is -0.119. The van der Waals surface area contributed by atoms with E-state index in [2.05, 4.69) is 5.32 Å². The summed E-state index contributed by atoms with van der Waals surface area (Å²) in [6.07, 6.45) is 0. The Morgan fingerprint density at radius 1 is 1.04 bits per heavy atom. The van der Waals surface area contributed by atoms with E-state index in [4.69, 9.17) is 4.74 Å². The minimum atomic E-state index is -0.0755. The van der Waals surface area contributed by atoms with Crippen molar-refractivity contribution in [2.24, 2.45) is 0 Å².